The summed E-state index contributed by atoms with van der Waals surface area (Å²) in [6.45, 7) is 0.737. The molecule has 3 aromatic carbocycles. The summed E-state index contributed by atoms with van der Waals surface area (Å²) in [5.74, 6) is 0.831. The summed E-state index contributed by atoms with van der Waals surface area (Å²) >= 11 is 6.43. The quantitative estimate of drug-likeness (QED) is 0.305. The number of benzene rings is 3. The van der Waals surface area contributed by atoms with Crippen LogP contribution in [0.4, 0.5) is 0 Å². The van der Waals surface area contributed by atoms with Crippen LogP contribution in [-0.4, -0.2) is 11.3 Å². The molecule has 0 aliphatic rings. The number of halogens is 1. The van der Waals surface area contributed by atoms with Gasteiger partial charge in [0, 0.05) is 27.8 Å². The second-order valence-corrected chi connectivity index (χ2v) is 7.32. The van der Waals surface area contributed by atoms with Crippen LogP contribution in [0.2, 0.25) is 5.02 Å². The maximum absolute atomic E-state index is 11.3. The Labute approximate surface area is 186 Å². The van der Waals surface area contributed by atoms with Crippen molar-refractivity contribution in [1.82, 2.24) is 4.98 Å². The molecule has 0 N–H and O–H groups in total. The SMILES string of the molecule is O=Cc1ccc(Cl)c(-c2ccc(OCc3ccccc3)nc2OCc2ccccc2)c1. The fourth-order valence-electron chi connectivity index (χ4n) is 3.10. The van der Waals surface area contributed by atoms with Crippen molar-refractivity contribution < 1.29 is 14.3 Å². The van der Waals surface area contributed by atoms with E-state index < -0.39 is 0 Å². The number of carbonyl (C=O) groups excluding carboxylic acids is 1. The van der Waals surface area contributed by atoms with Gasteiger partial charge in [-0.05, 0) is 29.3 Å². The van der Waals surface area contributed by atoms with Crippen molar-refractivity contribution >= 4 is 17.9 Å². The Morgan fingerprint density at radius 2 is 1.39 bits per heavy atom. The Kier molecular flexibility index (Phi) is 6.60. The highest BCUT2D eigenvalue weighted by molar-refractivity contribution is 6.33. The molecule has 5 heteroatoms. The summed E-state index contributed by atoms with van der Waals surface area (Å²) in [7, 11) is 0. The van der Waals surface area contributed by atoms with Crippen LogP contribution in [-0.2, 0) is 13.2 Å². The normalized spacial score (nSPS) is 10.5. The molecule has 0 aliphatic carbocycles. The van der Waals surface area contributed by atoms with Crippen molar-refractivity contribution in [1.29, 1.82) is 0 Å². The molecule has 154 valence electrons. The van der Waals surface area contributed by atoms with Crippen LogP contribution in [0.15, 0.2) is 91.0 Å². The van der Waals surface area contributed by atoms with Crippen molar-refractivity contribution in [2.75, 3.05) is 0 Å². The lowest BCUT2D eigenvalue weighted by Crippen LogP contribution is -2.02. The fourth-order valence-corrected chi connectivity index (χ4v) is 3.32. The number of aldehydes is 1. The van der Waals surface area contributed by atoms with Crippen LogP contribution >= 0.6 is 11.6 Å². The first-order valence-corrected chi connectivity index (χ1v) is 10.2. The number of aromatic nitrogens is 1. The van der Waals surface area contributed by atoms with E-state index in [0.29, 0.717) is 46.7 Å². The molecule has 0 radical (unpaired) electrons. The number of rotatable bonds is 8. The summed E-state index contributed by atoms with van der Waals surface area (Å²) in [5.41, 5.74) is 3.95. The van der Waals surface area contributed by atoms with E-state index in [1.165, 1.54) is 0 Å². The van der Waals surface area contributed by atoms with Gasteiger partial charge in [0.1, 0.15) is 19.5 Å². The summed E-state index contributed by atoms with van der Waals surface area (Å²) < 4.78 is 11.9. The highest BCUT2D eigenvalue weighted by Gasteiger charge is 2.14. The highest BCUT2D eigenvalue weighted by atomic mass is 35.5. The predicted molar refractivity (Wildman–Crippen MR) is 122 cm³/mol. The Balaban J connectivity index is 1.65. The lowest BCUT2D eigenvalue weighted by atomic mass is 10.0. The molecule has 0 bridgehead atoms. The van der Waals surface area contributed by atoms with Gasteiger partial charge in [0.15, 0.2) is 0 Å². The molecule has 0 aliphatic heterocycles. The molecule has 1 aromatic heterocycles. The van der Waals surface area contributed by atoms with Crippen LogP contribution in [0.1, 0.15) is 21.5 Å². The van der Waals surface area contributed by atoms with Crippen LogP contribution < -0.4 is 9.47 Å². The van der Waals surface area contributed by atoms with Gasteiger partial charge >= 0.3 is 0 Å². The number of carbonyl (C=O) groups is 1. The van der Waals surface area contributed by atoms with Crippen molar-refractivity contribution in [3.63, 3.8) is 0 Å². The molecule has 0 spiro atoms. The summed E-state index contributed by atoms with van der Waals surface area (Å²) in [5, 5.41) is 0.509. The van der Waals surface area contributed by atoms with Crippen molar-refractivity contribution in [2.45, 2.75) is 13.2 Å². The third-order valence-electron chi connectivity index (χ3n) is 4.70. The van der Waals surface area contributed by atoms with Crippen LogP contribution in [0, 0.1) is 0 Å². The van der Waals surface area contributed by atoms with Gasteiger partial charge in [-0.3, -0.25) is 4.79 Å². The van der Waals surface area contributed by atoms with Gasteiger partial charge in [-0.1, -0.05) is 78.3 Å². The first-order valence-electron chi connectivity index (χ1n) is 9.82. The van der Waals surface area contributed by atoms with Gasteiger partial charge in [0.25, 0.3) is 0 Å². The van der Waals surface area contributed by atoms with Crippen LogP contribution in [0.5, 0.6) is 11.8 Å². The lowest BCUT2D eigenvalue weighted by Gasteiger charge is -2.14. The van der Waals surface area contributed by atoms with Gasteiger partial charge in [-0.25, -0.2) is 0 Å². The first kappa shape index (κ1) is 20.6. The van der Waals surface area contributed by atoms with Crippen molar-refractivity contribution in [2.24, 2.45) is 0 Å². The molecule has 0 amide bonds. The van der Waals surface area contributed by atoms with E-state index in [2.05, 4.69) is 4.98 Å². The molecule has 4 nitrogen and oxygen atoms in total. The number of ether oxygens (including phenoxy) is 2. The van der Waals surface area contributed by atoms with E-state index in [1.807, 2.05) is 66.7 Å². The van der Waals surface area contributed by atoms with E-state index in [9.17, 15) is 4.79 Å². The molecule has 0 atom stereocenters. The van der Waals surface area contributed by atoms with Gasteiger partial charge in [0.2, 0.25) is 11.8 Å². The summed E-state index contributed by atoms with van der Waals surface area (Å²) in [6.07, 6.45) is 0.787. The van der Waals surface area contributed by atoms with E-state index in [-0.39, 0.29) is 0 Å². The Morgan fingerprint density at radius 1 is 0.742 bits per heavy atom. The third-order valence-corrected chi connectivity index (χ3v) is 5.03. The monoisotopic (exact) mass is 429 g/mol. The van der Waals surface area contributed by atoms with Crippen molar-refractivity contribution in [3.05, 3.63) is 113 Å². The maximum atomic E-state index is 11.3. The molecule has 0 saturated carbocycles. The minimum Gasteiger partial charge on any atom is -0.473 e. The van der Waals surface area contributed by atoms with Gasteiger partial charge < -0.3 is 9.47 Å². The highest BCUT2D eigenvalue weighted by Crippen LogP contribution is 2.36. The zero-order chi connectivity index (χ0) is 21.5. The van der Waals surface area contributed by atoms with E-state index in [1.54, 1.807) is 24.3 Å². The zero-order valence-corrected chi connectivity index (χ0v) is 17.5. The summed E-state index contributed by atoms with van der Waals surface area (Å²) in [6, 6.07) is 28.4. The Bertz CT molecular complexity index is 1160. The molecule has 0 saturated heterocycles. The van der Waals surface area contributed by atoms with Crippen molar-refractivity contribution in [3.8, 4) is 22.9 Å². The molecule has 4 aromatic rings. The average Bonchev–Trinajstić information content (AvgIpc) is 2.83. The number of hydrogen-bond donors (Lipinski definition) is 0. The van der Waals surface area contributed by atoms with Gasteiger partial charge in [-0.2, -0.15) is 4.98 Å². The number of nitrogens with zero attached hydrogens (tertiary/aromatic N) is 1. The van der Waals surface area contributed by atoms with Crippen LogP contribution in [0.25, 0.3) is 11.1 Å². The third kappa shape index (κ3) is 5.30. The molecule has 31 heavy (non-hydrogen) atoms. The zero-order valence-electron chi connectivity index (χ0n) is 16.7. The second-order valence-electron chi connectivity index (χ2n) is 6.91. The minimum absolute atomic E-state index is 0.341. The molecule has 1 heterocycles. The Hall–Kier alpha value is -3.63. The number of pyridine rings is 1. The first-order chi connectivity index (χ1) is 15.2. The van der Waals surface area contributed by atoms with Crippen LogP contribution in [0.3, 0.4) is 0 Å². The molecular formula is C26H20ClNO3. The Morgan fingerprint density at radius 3 is 2.03 bits per heavy atom. The maximum Gasteiger partial charge on any atom is 0.225 e. The van der Waals surface area contributed by atoms with Gasteiger partial charge in [0.05, 0.1) is 0 Å². The molecule has 0 unspecified atom stereocenters. The predicted octanol–water partition coefficient (Wildman–Crippen LogP) is 6.37. The number of hydrogen-bond acceptors (Lipinski definition) is 4. The standard InChI is InChI=1S/C26H20ClNO3/c27-24-13-11-21(16-29)15-23(24)22-12-14-25(30-17-19-7-3-1-4-8-19)28-26(22)31-18-20-9-5-2-6-10-20/h1-16H,17-18H2. The van der Waals surface area contributed by atoms with E-state index in [0.717, 1.165) is 17.4 Å². The second kappa shape index (κ2) is 9.92. The lowest BCUT2D eigenvalue weighted by molar-refractivity contribution is 0.112. The smallest absolute Gasteiger partial charge is 0.225 e. The summed E-state index contributed by atoms with van der Waals surface area (Å²) in [4.78, 5) is 15.8. The molecular weight excluding hydrogens is 410 g/mol. The topological polar surface area (TPSA) is 48.4 Å². The molecule has 0 fully saturated rings. The van der Waals surface area contributed by atoms with Gasteiger partial charge in [-0.15, -0.1) is 0 Å². The largest absolute Gasteiger partial charge is 0.473 e. The van der Waals surface area contributed by atoms with E-state index in [4.69, 9.17) is 21.1 Å². The average molecular weight is 430 g/mol. The fraction of sp³-hybridized carbons (Fsp3) is 0.0769. The minimum atomic E-state index is 0.341. The molecule has 4 rings (SSSR count). The van der Waals surface area contributed by atoms with E-state index >= 15 is 0 Å².